The standard InChI is InChI=1S/C9H16N4O2S3/c1-2-18(14,15)8-6-16-4-3-13(8)5-7-9(10)17-12-11-7/h8H,2-6,10H2,1H3. The molecule has 1 saturated heterocycles. The molecule has 1 aromatic heterocycles. The van der Waals surface area contributed by atoms with Gasteiger partial charge in [-0.1, -0.05) is 11.4 Å². The van der Waals surface area contributed by atoms with Crippen molar-refractivity contribution in [1.82, 2.24) is 14.5 Å². The number of nitrogens with zero attached hydrogens (tertiary/aromatic N) is 3. The lowest BCUT2D eigenvalue weighted by Gasteiger charge is -2.34. The third kappa shape index (κ3) is 2.95. The van der Waals surface area contributed by atoms with Crippen molar-refractivity contribution < 1.29 is 8.42 Å². The molecule has 1 aliphatic heterocycles. The molecule has 2 heterocycles. The van der Waals surface area contributed by atoms with Crippen molar-refractivity contribution in [1.29, 1.82) is 0 Å². The molecule has 0 aromatic carbocycles. The molecule has 18 heavy (non-hydrogen) atoms. The van der Waals surface area contributed by atoms with Crippen LogP contribution in [0, 0.1) is 0 Å². The predicted octanol–water partition coefficient (Wildman–Crippen LogP) is 0.430. The molecule has 1 aliphatic rings. The van der Waals surface area contributed by atoms with Crippen LogP contribution in [0.2, 0.25) is 0 Å². The summed E-state index contributed by atoms with van der Waals surface area (Å²) >= 11 is 2.82. The fraction of sp³-hybridized carbons (Fsp3) is 0.778. The van der Waals surface area contributed by atoms with E-state index in [4.69, 9.17) is 5.73 Å². The Labute approximate surface area is 115 Å². The summed E-state index contributed by atoms with van der Waals surface area (Å²) in [7, 11) is -3.07. The molecular weight excluding hydrogens is 292 g/mol. The molecule has 9 heteroatoms. The number of sulfone groups is 1. The maximum absolute atomic E-state index is 12.1. The van der Waals surface area contributed by atoms with Gasteiger partial charge >= 0.3 is 0 Å². The summed E-state index contributed by atoms with van der Waals surface area (Å²) in [5, 5.41) is 4.09. The minimum Gasteiger partial charge on any atom is -0.388 e. The number of rotatable bonds is 4. The van der Waals surface area contributed by atoms with Crippen molar-refractivity contribution in [3.05, 3.63) is 5.69 Å². The summed E-state index contributed by atoms with van der Waals surface area (Å²) in [4.78, 5) is 1.95. The van der Waals surface area contributed by atoms with Crippen LogP contribution in [-0.4, -0.2) is 52.1 Å². The Balaban J connectivity index is 2.16. The number of nitrogens with two attached hydrogens (primary N) is 1. The van der Waals surface area contributed by atoms with E-state index in [9.17, 15) is 8.42 Å². The van der Waals surface area contributed by atoms with E-state index < -0.39 is 15.2 Å². The first-order chi connectivity index (χ1) is 8.54. The topological polar surface area (TPSA) is 89.2 Å². The zero-order valence-electron chi connectivity index (χ0n) is 10.1. The van der Waals surface area contributed by atoms with Gasteiger partial charge in [0.25, 0.3) is 0 Å². The van der Waals surface area contributed by atoms with Crippen molar-refractivity contribution in [2.45, 2.75) is 18.8 Å². The van der Waals surface area contributed by atoms with E-state index in [0.29, 0.717) is 23.0 Å². The van der Waals surface area contributed by atoms with E-state index in [1.54, 1.807) is 18.7 Å². The number of aromatic nitrogens is 2. The molecule has 1 atom stereocenters. The largest absolute Gasteiger partial charge is 0.388 e. The van der Waals surface area contributed by atoms with E-state index in [1.807, 2.05) is 4.90 Å². The average molecular weight is 308 g/mol. The molecule has 102 valence electrons. The molecule has 1 unspecified atom stereocenters. The van der Waals surface area contributed by atoms with Gasteiger partial charge in [0.1, 0.15) is 16.1 Å². The second-order valence-electron chi connectivity index (χ2n) is 4.04. The fourth-order valence-electron chi connectivity index (χ4n) is 1.84. The molecule has 2 rings (SSSR count). The smallest absolute Gasteiger partial charge is 0.166 e. The van der Waals surface area contributed by atoms with Gasteiger partial charge in [0.05, 0.1) is 0 Å². The Morgan fingerprint density at radius 2 is 2.33 bits per heavy atom. The van der Waals surface area contributed by atoms with Crippen molar-refractivity contribution in [3.8, 4) is 0 Å². The van der Waals surface area contributed by atoms with Gasteiger partial charge < -0.3 is 5.73 Å². The summed E-state index contributed by atoms with van der Waals surface area (Å²) in [5.74, 6) is 1.72. The second-order valence-corrected chi connectivity index (χ2v) is 8.42. The minimum atomic E-state index is -3.07. The maximum atomic E-state index is 12.1. The minimum absolute atomic E-state index is 0.166. The van der Waals surface area contributed by atoms with E-state index in [-0.39, 0.29) is 5.75 Å². The maximum Gasteiger partial charge on any atom is 0.166 e. The van der Waals surface area contributed by atoms with E-state index in [1.165, 1.54) is 0 Å². The van der Waals surface area contributed by atoms with E-state index in [2.05, 4.69) is 9.59 Å². The van der Waals surface area contributed by atoms with E-state index >= 15 is 0 Å². The van der Waals surface area contributed by atoms with Crippen LogP contribution >= 0.6 is 23.3 Å². The molecule has 0 aliphatic carbocycles. The molecule has 0 amide bonds. The first-order valence-corrected chi connectivity index (χ1v) is 9.29. The Morgan fingerprint density at radius 1 is 1.56 bits per heavy atom. The monoisotopic (exact) mass is 308 g/mol. The van der Waals surface area contributed by atoms with Gasteiger partial charge in [-0.05, 0) is 0 Å². The van der Waals surface area contributed by atoms with Crippen LogP contribution in [0.25, 0.3) is 0 Å². The SMILES string of the molecule is CCS(=O)(=O)C1CSCCN1Cc1nnsc1N. The van der Waals surface area contributed by atoms with Crippen molar-refractivity contribution in [2.75, 3.05) is 29.5 Å². The van der Waals surface area contributed by atoms with Gasteiger partial charge in [-0.25, -0.2) is 8.42 Å². The lowest BCUT2D eigenvalue weighted by molar-refractivity contribution is 0.259. The Bertz CT molecular complexity index is 502. The zero-order valence-corrected chi connectivity index (χ0v) is 12.5. The van der Waals surface area contributed by atoms with Crippen LogP contribution in [0.15, 0.2) is 0 Å². The molecule has 1 fully saturated rings. The highest BCUT2D eigenvalue weighted by Gasteiger charge is 2.33. The van der Waals surface area contributed by atoms with Crippen molar-refractivity contribution >= 4 is 38.1 Å². The molecule has 0 bridgehead atoms. The highest BCUT2D eigenvalue weighted by atomic mass is 32.2. The average Bonchev–Trinajstić information content (AvgIpc) is 2.76. The highest BCUT2D eigenvalue weighted by Crippen LogP contribution is 2.24. The molecule has 0 saturated carbocycles. The fourth-order valence-corrected chi connectivity index (χ4v) is 5.35. The summed E-state index contributed by atoms with van der Waals surface area (Å²) < 4.78 is 27.9. The first kappa shape index (κ1) is 14.0. The lowest BCUT2D eigenvalue weighted by atomic mass is 10.4. The number of thioether (sulfide) groups is 1. The van der Waals surface area contributed by atoms with Crippen LogP contribution in [-0.2, 0) is 16.4 Å². The molecule has 1 aromatic rings. The summed E-state index contributed by atoms with van der Waals surface area (Å²) in [5.41, 5.74) is 6.44. The van der Waals surface area contributed by atoms with Crippen LogP contribution in [0.5, 0.6) is 0 Å². The van der Waals surface area contributed by atoms with Gasteiger partial charge in [-0.3, -0.25) is 4.90 Å². The number of nitrogen functional groups attached to an aromatic ring is 1. The summed E-state index contributed by atoms with van der Waals surface area (Å²) in [6.45, 7) is 2.89. The number of hydrogen-bond donors (Lipinski definition) is 1. The predicted molar refractivity (Wildman–Crippen MR) is 75.3 cm³/mol. The van der Waals surface area contributed by atoms with Gasteiger partial charge in [0.2, 0.25) is 0 Å². The third-order valence-corrected chi connectivity index (χ3v) is 6.87. The summed E-state index contributed by atoms with van der Waals surface area (Å²) in [6.07, 6.45) is 0. The van der Waals surface area contributed by atoms with Gasteiger partial charge in [0, 0.05) is 41.9 Å². The van der Waals surface area contributed by atoms with Gasteiger partial charge in [-0.15, -0.1) is 5.10 Å². The Morgan fingerprint density at radius 3 is 2.94 bits per heavy atom. The van der Waals surface area contributed by atoms with Crippen LogP contribution in [0.3, 0.4) is 0 Å². The van der Waals surface area contributed by atoms with Crippen molar-refractivity contribution in [3.63, 3.8) is 0 Å². The zero-order chi connectivity index (χ0) is 13.2. The van der Waals surface area contributed by atoms with E-state index in [0.717, 1.165) is 23.8 Å². The molecule has 6 nitrogen and oxygen atoms in total. The third-order valence-electron chi connectivity index (χ3n) is 2.95. The summed E-state index contributed by atoms with van der Waals surface area (Å²) in [6, 6.07) is 0. The first-order valence-electron chi connectivity index (χ1n) is 5.64. The normalized spacial score (nSPS) is 22.2. The second kappa shape index (κ2) is 5.72. The lowest BCUT2D eigenvalue weighted by Crippen LogP contribution is -2.47. The quantitative estimate of drug-likeness (QED) is 0.862. The van der Waals surface area contributed by atoms with Gasteiger partial charge in [0.15, 0.2) is 9.84 Å². The Kier molecular flexibility index (Phi) is 4.46. The molecule has 2 N–H and O–H groups in total. The van der Waals surface area contributed by atoms with Crippen LogP contribution in [0.4, 0.5) is 5.00 Å². The van der Waals surface area contributed by atoms with Crippen LogP contribution < -0.4 is 5.73 Å². The number of anilines is 1. The van der Waals surface area contributed by atoms with Crippen LogP contribution in [0.1, 0.15) is 12.6 Å². The van der Waals surface area contributed by atoms with Gasteiger partial charge in [-0.2, -0.15) is 11.8 Å². The Hall–Kier alpha value is -0.380. The molecule has 0 spiro atoms. The highest BCUT2D eigenvalue weighted by molar-refractivity contribution is 8.01. The van der Waals surface area contributed by atoms with Crippen molar-refractivity contribution in [2.24, 2.45) is 0 Å². The molecule has 0 radical (unpaired) electrons. The number of hydrogen-bond acceptors (Lipinski definition) is 8. The molecular formula is C9H16N4O2S3.